The number of anilines is 3. The Morgan fingerprint density at radius 2 is 1.91 bits per heavy atom. The summed E-state index contributed by atoms with van der Waals surface area (Å²) in [5.41, 5.74) is 8.78. The van der Waals surface area contributed by atoms with E-state index in [0.717, 1.165) is 11.3 Å². The Kier molecular flexibility index (Phi) is 5.58. The lowest BCUT2D eigenvalue weighted by molar-refractivity contribution is 0.230. The van der Waals surface area contributed by atoms with E-state index >= 15 is 0 Å². The van der Waals surface area contributed by atoms with Gasteiger partial charge in [0.15, 0.2) is 0 Å². The summed E-state index contributed by atoms with van der Waals surface area (Å²) in [6.07, 6.45) is 0. The molecule has 2 aromatic carbocycles. The van der Waals surface area contributed by atoms with E-state index in [2.05, 4.69) is 10.6 Å². The third-order valence-corrected chi connectivity index (χ3v) is 3.78. The standard InChI is InChI=1S/C16H18Cl2N4O/c1-22(2)16(23)21-15-6-5-12(8-14(15)19)20-9-10-3-4-11(17)7-13(10)18/h3-8,20H,9,19H2,1-2H3,(H,21,23). The highest BCUT2D eigenvalue weighted by Crippen LogP contribution is 2.25. The predicted molar refractivity (Wildman–Crippen MR) is 97.3 cm³/mol. The fourth-order valence-corrected chi connectivity index (χ4v) is 2.35. The summed E-state index contributed by atoms with van der Waals surface area (Å²) < 4.78 is 0. The van der Waals surface area contributed by atoms with Crippen LogP contribution in [-0.2, 0) is 6.54 Å². The van der Waals surface area contributed by atoms with E-state index < -0.39 is 0 Å². The van der Waals surface area contributed by atoms with Gasteiger partial charge in [-0.1, -0.05) is 29.3 Å². The van der Waals surface area contributed by atoms with E-state index in [4.69, 9.17) is 28.9 Å². The molecule has 2 amide bonds. The number of halogens is 2. The number of hydrogen-bond acceptors (Lipinski definition) is 3. The Hall–Kier alpha value is -2.11. The van der Waals surface area contributed by atoms with E-state index in [1.54, 1.807) is 38.4 Å². The van der Waals surface area contributed by atoms with Crippen molar-refractivity contribution < 1.29 is 4.79 Å². The van der Waals surface area contributed by atoms with Gasteiger partial charge in [-0.2, -0.15) is 0 Å². The second-order valence-electron chi connectivity index (χ2n) is 5.22. The van der Waals surface area contributed by atoms with Crippen LogP contribution < -0.4 is 16.4 Å². The Bertz CT molecular complexity index is 719. The Labute approximate surface area is 145 Å². The second-order valence-corrected chi connectivity index (χ2v) is 6.06. The highest BCUT2D eigenvalue weighted by atomic mass is 35.5. The molecule has 0 heterocycles. The Morgan fingerprint density at radius 1 is 1.17 bits per heavy atom. The van der Waals surface area contributed by atoms with E-state index in [1.165, 1.54) is 4.90 Å². The van der Waals surface area contributed by atoms with Crippen LogP contribution in [0.4, 0.5) is 21.9 Å². The average molecular weight is 353 g/mol. The first-order valence-corrected chi connectivity index (χ1v) is 7.68. The minimum atomic E-state index is -0.231. The van der Waals surface area contributed by atoms with Crippen LogP contribution in [-0.4, -0.2) is 25.0 Å². The van der Waals surface area contributed by atoms with Crippen molar-refractivity contribution in [3.05, 3.63) is 52.0 Å². The lowest BCUT2D eigenvalue weighted by Crippen LogP contribution is -2.27. The van der Waals surface area contributed by atoms with Crippen molar-refractivity contribution >= 4 is 46.3 Å². The second kappa shape index (κ2) is 7.44. The van der Waals surface area contributed by atoms with Crippen LogP contribution in [0.3, 0.4) is 0 Å². The number of amides is 2. The highest BCUT2D eigenvalue weighted by molar-refractivity contribution is 6.35. The number of urea groups is 1. The monoisotopic (exact) mass is 352 g/mol. The van der Waals surface area contributed by atoms with E-state index in [-0.39, 0.29) is 6.03 Å². The topological polar surface area (TPSA) is 70.4 Å². The first-order chi connectivity index (χ1) is 10.9. The zero-order valence-corrected chi connectivity index (χ0v) is 14.4. The Balaban J connectivity index is 2.04. The molecule has 2 aromatic rings. The first-order valence-electron chi connectivity index (χ1n) is 6.92. The molecular formula is C16H18Cl2N4O. The quantitative estimate of drug-likeness (QED) is 0.719. The summed E-state index contributed by atoms with van der Waals surface area (Å²) >= 11 is 12.0. The van der Waals surface area contributed by atoms with Crippen LogP contribution >= 0.6 is 23.2 Å². The lowest BCUT2D eigenvalue weighted by Gasteiger charge is -2.15. The molecule has 0 aromatic heterocycles. The summed E-state index contributed by atoms with van der Waals surface area (Å²) in [4.78, 5) is 13.1. The van der Waals surface area contributed by atoms with Crippen molar-refractivity contribution in [1.82, 2.24) is 4.90 Å². The molecule has 5 nitrogen and oxygen atoms in total. The third kappa shape index (κ3) is 4.68. The molecule has 0 aliphatic rings. The van der Waals surface area contributed by atoms with Gasteiger partial charge in [0.2, 0.25) is 0 Å². The molecule has 0 bridgehead atoms. The number of nitrogens with two attached hydrogens (primary N) is 1. The van der Waals surface area contributed by atoms with Gasteiger partial charge in [-0.3, -0.25) is 0 Å². The summed E-state index contributed by atoms with van der Waals surface area (Å²) in [7, 11) is 3.33. The van der Waals surface area contributed by atoms with Gasteiger partial charge in [0, 0.05) is 36.4 Å². The fourth-order valence-electron chi connectivity index (χ4n) is 1.88. The molecule has 0 radical (unpaired) electrons. The molecule has 0 aliphatic heterocycles. The van der Waals surface area contributed by atoms with E-state index in [0.29, 0.717) is 28.0 Å². The van der Waals surface area contributed by atoms with Crippen LogP contribution in [0.25, 0.3) is 0 Å². The van der Waals surface area contributed by atoms with E-state index in [1.807, 2.05) is 12.1 Å². The smallest absolute Gasteiger partial charge is 0.321 e. The van der Waals surface area contributed by atoms with Crippen molar-refractivity contribution in [2.45, 2.75) is 6.54 Å². The van der Waals surface area contributed by atoms with Crippen LogP contribution in [0.15, 0.2) is 36.4 Å². The third-order valence-electron chi connectivity index (χ3n) is 3.20. The molecule has 0 fully saturated rings. The summed E-state index contributed by atoms with van der Waals surface area (Å²) in [5.74, 6) is 0. The first kappa shape index (κ1) is 17.2. The number of nitrogens with one attached hydrogen (secondary N) is 2. The highest BCUT2D eigenvalue weighted by Gasteiger charge is 2.08. The minimum absolute atomic E-state index is 0.231. The fraction of sp³-hybridized carbons (Fsp3) is 0.188. The van der Waals surface area contributed by atoms with Crippen LogP contribution in [0, 0.1) is 0 Å². The molecule has 23 heavy (non-hydrogen) atoms. The van der Waals surface area contributed by atoms with Crippen molar-refractivity contribution in [2.75, 3.05) is 30.5 Å². The normalized spacial score (nSPS) is 10.3. The Morgan fingerprint density at radius 3 is 2.52 bits per heavy atom. The minimum Gasteiger partial charge on any atom is -0.397 e. The van der Waals surface area contributed by atoms with Gasteiger partial charge in [-0.25, -0.2) is 4.79 Å². The molecule has 0 unspecified atom stereocenters. The molecular weight excluding hydrogens is 335 g/mol. The maximum atomic E-state index is 11.6. The van der Waals surface area contributed by atoms with Gasteiger partial charge in [-0.05, 0) is 35.9 Å². The van der Waals surface area contributed by atoms with Gasteiger partial charge in [0.1, 0.15) is 0 Å². The number of carbonyl (C=O) groups excluding carboxylic acids is 1. The van der Waals surface area contributed by atoms with Crippen molar-refractivity contribution in [2.24, 2.45) is 0 Å². The summed E-state index contributed by atoms with van der Waals surface area (Å²) in [5, 5.41) is 7.16. The van der Waals surface area contributed by atoms with Crippen molar-refractivity contribution in [1.29, 1.82) is 0 Å². The molecule has 4 N–H and O–H groups in total. The zero-order chi connectivity index (χ0) is 17.0. The lowest BCUT2D eigenvalue weighted by atomic mass is 10.2. The number of hydrogen-bond donors (Lipinski definition) is 3. The van der Waals surface area contributed by atoms with E-state index in [9.17, 15) is 4.79 Å². The van der Waals surface area contributed by atoms with Crippen LogP contribution in [0.2, 0.25) is 10.0 Å². The maximum absolute atomic E-state index is 11.6. The van der Waals surface area contributed by atoms with Gasteiger partial charge >= 0.3 is 6.03 Å². The maximum Gasteiger partial charge on any atom is 0.321 e. The number of carbonyl (C=O) groups is 1. The van der Waals surface area contributed by atoms with Gasteiger partial charge in [0.05, 0.1) is 11.4 Å². The van der Waals surface area contributed by atoms with Crippen LogP contribution in [0.5, 0.6) is 0 Å². The summed E-state index contributed by atoms with van der Waals surface area (Å²) in [6, 6.07) is 10.5. The van der Waals surface area contributed by atoms with Gasteiger partial charge < -0.3 is 21.3 Å². The molecule has 0 saturated carbocycles. The van der Waals surface area contributed by atoms with Crippen molar-refractivity contribution in [3.8, 4) is 0 Å². The van der Waals surface area contributed by atoms with Gasteiger partial charge in [0.25, 0.3) is 0 Å². The molecule has 0 spiro atoms. The molecule has 0 saturated heterocycles. The largest absolute Gasteiger partial charge is 0.397 e. The number of nitrogen functional groups attached to an aromatic ring is 1. The van der Waals surface area contributed by atoms with Crippen molar-refractivity contribution in [3.63, 3.8) is 0 Å². The molecule has 0 atom stereocenters. The summed E-state index contributed by atoms with van der Waals surface area (Å²) in [6.45, 7) is 0.541. The predicted octanol–water partition coefficient (Wildman–Crippen LogP) is 4.28. The SMILES string of the molecule is CN(C)C(=O)Nc1ccc(NCc2ccc(Cl)cc2Cl)cc1N. The molecule has 7 heteroatoms. The molecule has 122 valence electrons. The zero-order valence-electron chi connectivity index (χ0n) is 12.9. The number of nitrogens with zero attached hydrogens (tertiary/aromatic N) is 1. The van der Waals surface area contributed by atoms with Gasteiger partial charge in [-0.15, -0.1) is 0 Å². The molecule has 0 aliphatic carbocycles. The molecule has 2 rings (SSSR count). The van der Waals surface area contributed by atoms with Crippen LogP contribution in [0.1, 0.15) is 5.56 Å². The average Bonchev–Trinajstić information content (AvgIpc) is 2.48. The number of rotatable bonds is 4. The number of benzene rings is 2.